The van der Waals surface area contributed by atoms with Crippen LogP contribution in [0.15, 0.2) is 6.20 Å². The predicted molar refractivity (Wildman–Crippen MR) is 72.4 cm³/mol. The zero-order valence-corrected chi connectivity index (χ0v) is 11.4. The molecule has 0 atom stereocenters. The second-order valence-corrected chi connectivity index (χ2v) is 4.30. The van der Waals surface area contributed by atoms with E-state index in [1.807, 2.05) is 0 Å². The Bertz CT molecular complexity index is 388. The van der Waals surface area contributed by atoms with E-state index in [9.17, 15) is 4.79 Å². The Morgan fingerprint density at radius 2 is 2.22 bits per heavy atom. The first kappa shape index (κ1) is 14.5. The first-order valence-electron chi connectivity index (χ1n) is 6.38. The first-order valence-corrected chi connectivity index (χ1v) is 6.38. The average molecular weight is 253 g/mol. The molecule has 18 heavy (non-hydrogen) atoms. The Hall–Kier alpha value is -1.56. The van der Waals surface area contributed by atoms with Gasteiger partial charge >= 0.3 is 0 Å². The number of amides is 1. The molecule has 0 fully saturated rings. The number of rotatable bonds is 7. The number of carbonyl (C=O) groups excluding carboxylic acids is 1. The van der Waals surface area contributed by atoms with E-state index in [-0.39, 0.29) is 5.91 Å². The molecule has 0 unspecified atom stereocenters. The maximum atomic E-state index is 11.8. The Balaban J connectivity index is 2.39. The summed E-state index contributed by atoms with van der Waals surface area (Å²) in [6.45, 7) is 7.78. The van der Waals surface area contributed by atoms with Gasteiger partial charge in [-0.3, -0.25) is 9.48 Å². The molecule has 0 aliphatic heterocycles. The third-order valence-electron chi connectivity index (χ3n) is 2.77. The molecule has 1 heterocycles. The number of hydrogen-bond donors (Lipinski definition) is 2. The van der Waals surface area contributed by atoms with Crippen molar-refractivity contribution in [2.45, 2.75) is 20.3 Å². The van der Waals surface area contributed by atoms with Crippen LogP contribution < -0.4 is 11.1 Å². The fraction of sp³-hybridized carbons (Fsp3) is 0.667. The van der Waals surface area contributed by atoms with Crippen molar-refractivity contribution >= 4 is 11.6 Å². The predicted octanol–water partition coefficient (Wildman–Crippen LogP) is 0.464. The summed E-state index contributed by atoms with van der Waals surface area (Å²) >= 11 is 0. The van der Waals surface area contributed by atoms with Gasteiger partial charge in [0.05, 0.1) is 5.69 Å². The number of nitrogens with two attached hydrogens (primary N) is 1. The second kappa shape index (κ2) is 7.00. The highest BCUT2D eigenvalue weighted by Gasteiger charge is 2.13. The molecule has 6 nitrogen and oxygen atoms in total. The van der Waals surface area contributed by atoms with Crippen LogP contribution in [-0.4, -0.2) is 46.8 Å². The van der Waals surface area contributed by atoms with Crippen LogP contribution in [0.25, 0.3) is 0 Å². The number of likely N-dealkylation sites (N-methyl/N-ethyl adjacent to an activating group) is 1. The molecule has 1 aromatic rings. The summed E-state index contributed by atoms with van der Waals surface area (Å²) in [6.07, 6.45) is 2.75. The number of aryl methyl sites for hydroxylation is 1. The normalized spacial score (nSPS) is 10.9. The molecule has 0 spiro atoms. The number of anilines is 1. The molecule has 0 radical (unpaired) electrons. The number of carbonyl (C=O) groups is 1. The molecule has 0 aliphatic rings. The lowest BCUT2D eigenvalue weighted by molar-refractivity contribution is 0.0944. The summed E-state index contributed by atoms with van der Waals surface area (Å²) in [6, 6.07) is 0. The zero-order valence-electron chi connectivity index (χ0n) is 11.4. The molecule has 3 N–H and O–H groups in total. The van der Waals surface area contributed by atoms with Gasteiger partial charge in [0.1, 0.15) is 0 Å². The third-order valence-corrected chi connectivity index (χ3v) is 2.77. The molecular weight excluding hydrogens is 230 g/mol. The quantitative estimate of drug-likeness (QED) is 0.740. The van der Waals surface area contributed by atoms with Gasteiger partial charge in [0.15, 0.2) is 5.69 Å². The van der Waals surface area contributed by atoms with Gasteiger partial charge in [-0.1, -0.05) is 13.8 Å². The van der Waals surface area contributed by atoms with Crippen molar-refractivity contribution in [1.29, 1.82) is 0 Å². The molecule has 1 amide bonds. The van der Waals surface area contributed by atoms with Crippen molar-refractivity contribution in [3.63, 3.8) is 0 Å². The lowest BCUT2D eigenvalue weighted by atomic mass is 10.3. The minimum atomic E-state index is -0.208. The fourth-order valence-corrected chi connectivity index (χ4v) is 1.84. The second-order valence-electron chi connectivity index (χ2n) is 4.30. The molecule has 1 aromatic heterocycles. The van der Waals surface area contributed by atoms with Crippen molar-refractivity contribution < 1.29 is 4.79 Å². The number of nitrogen functional groups attached to an aromatic ring is 1. The number of hydrogen-bond acceptors (Lipinski definition) is 4. The van der Waals surface area contributed by atoms with Crippen LogP contribution >= 0.6 is 0 Å². The molecule has 6 heteroatoms. The number of aromatic nitrogens is 2. The van der Waals surface area contributed by atoms with Gasteiger partial charge in [-0.2, -0.15) is 5.10 Å². The molecule has 102 valence electrons. The molecule has 0 aliphatic carbocycles. The zero-order chi connectivity index (χ0) is 13.5. The smallest absolute Gasteiger partial charge is 0.273 e. The molecule has 1 rings (SSSR count). The molecular formula is C12H23N5O. The van der Waals surface area contributed by atoms with E-state index in [0.717, 1.165) is 26.1 Å². The SMILES string of the molecule is CCCN(CC)CCNC(=O)c1nn(C)cc1N. The van der Waals surface area contributed by atoms with Crippen LogP contribution in [0.1, 0.15) is 30.8 Å². The topological polar surface area (TPSA) is 76.2 Å². The van der Waals surface area contributed by atoms with Crippen LogP contribution in [0.2, 0.25) is 0 Å². The standard InChI is InChI=1S/C12H23N5O/c1-4-7-17(5-2)8-6-14-12(18)11-10(13)9-16(3)15-11/h9H,4-8,13H2,1-3H3,(H,14,18). The molecule has 0 saturated heterocycles. The lowest BCUT2D eigenvalue weighted by Crippen LogP contribution is -2.35. The summed E-state index contributed by atoms with van der Waals surface area (Å²) in [5.74, 6) is -0.208. The van der Waals surface area contributed by atoms with Crippen molar-refractivity contribution in [2.24, 2.45) is 7.05 Å². The lowest BCUT2D eigenvalue weighted by Gasteiger charge is -2.19. The van der Waals surface area contributed by atoms with E-state index in [4.69, 9.17) is 5.73 Å². The van der Waals surface area contributed by atoms with Gasteiger partial charge < -0.3 is 16.0 Å². The Labute approximate surface area is 108 Å². The van der Waals surface area contributed by atoms with Gasteiger partial charge in [0.2, 0.25) is 0 Å². The van der Waals surface area contributed by atoms with Crippen molar-refractivity contribution in [1.82, 2.24) is 20.0 Å². The van der Waals surface area contributed by atoms with Gasteiger partial charge in [-0.05, 0) is 19.5 Å². The Morgan fingerprint density at radius 3 is 2.72 bits per heavy atom. The van der Waals surface area contributed by atoms with Crippen LogP contribution in [0.5, 0.6) is 0 Å². The van der Waals surface area contributed by atoms with Crippen LogP contribution in [0.3, 0.4) is 0 Å². The Morgan fingerprint density at radius 1 is 1.50 bits per heavy atom. The monoisotopic (exact) mass is 253 g/mol. The minimum absolute atomic E-state index is 0.208. The highest BCUT2D eigenvalue weighted by molar-refractivity contribution is 5.96. The highest BCUT2D eigenvalue weighted by Crippen LogP contribution is 2.07. The van der Waals surface area contributed by atoms with Gasteiger partial charge in [-0.15, -0.1) is 0 Å². The van der Waals surface area contributed by atoms with Crippen molar-refractivity contribution in [2.75, 3.05) is 31.9 Å². The van der Waals surface area contributed by atoms with E-state index in [2.05, 4.69) is 29.2 Å². The average Bonchev–Trinajstić information content (AvgIpc) is 2.67. The van der Waals surface area contributed by atoms with Crippen LogP contribution in [0.4, 0.5) is 5.69 Å². The summed E-state index contributed by atoms with van der Waals surface area (Å²) in [4.78, 5) is 14.1. The first-order chi connectivity index (χ1) is 8.58. The number of nitrogens with one attached hydrogen (secondary N) is 1. The Kier molecular flexibility index (Phi) is 5.64. The maximum absolute atomic E-state index is 11.8. The third kappa shape index (κ3) is 4.03. The van der Waals surface area contributed by atoms with E-state index in [1.54, 1.807) is 17.9 Å². The maximum Gasteiger partial charge on any atom is 0.273 e. The van der Waals surface area contributed by atoms with Crippen LogP contribution in [-0.2, 0) is 7.05 Å². The molecule has 0 aromatic carbocycles. The summed E-state index contributed by atoms with van der Waals surface area (Å²) in [5, 5.41) is 6.87. The van der Waals surface area contributed by atoms with Gasteiger partial charge in [-0.25, -0.2) is 0 Å². The van der Waals surface area contributed by atoms with E-state index < -0.39 is 0 Å². The fourth-order valence-electron chi connectivity index (χ4n) is 1.84. The number of nitrogens with zero attached hydrogens (tertiary/aromatic N) is 3. The van der Waals surface area contributed by atoms with E-state index >= 15 is 0 Å². The molecule has 0 bridgehead atoms. The van der Waals surface area contributed by atoms with Gasteiger partial charge in [0.25, 0.3) is 5.91 Å². The molecule has 0 saturated carbocycles. The minimum Gasteiger partial charge on any atom is -0.396 e. The summed E-state index contributed by atoms with van der Waals surface area (Å²) in [5.41, 5.74) is 6.41. The summed E-state index contributed by atoms with van der Waals surface area (Å²) < 4.78 is 1.54. The van der Waals surface area contributed by atoms with Crippen molar-refractivity contribution in [3.05, 3.63) is 11.9 Å². The summed E-state index contributed by atoms with van der Waals surface area (Å²) in [7, 11) is 1.74. The van der Waals surface area contributed by atoms with E-state index in [0.29, 0.717) is 17.9 Å². The van der Waals surface area contributed by atoms with Crippen molar-refractivity contribution in [3.8, 4) is 0 Å². The van der Waals surface area contributed by atoms with Crippen LogP contribution in [0, 0.1) is 0 Å². The van der Waals surface area contributed by atoms with E-state index in [1.165, 1.54) is 0 Å². The largest absolute Gasteiger partial charge is 0.396 e. The highest BCUT2D eigenvalue weighted by atomic mass is 16.2. The van der Waals surface area contributed by atoms with Gasteiger partial charge in [0, 0.05) is 26.3 Å².